The molecule has 0 amide bonds. The number of hydrogen-bond donors (Lipinski definition) is 1. The highest BCUT2D eigenvalue weighted by atomic mass is 16.5. The van der Waals surface area contributed by atoms with Crippen LogP contribution in [0.3, 0.4) is 0 Å². The van der Waals surface area contributed by atoms with Gasteiger partial charge in [0.15, 0.2) is 0 Å². The molecule has 2 nitrogen and oxygen atoms in total. The van der Waals surface area contributed by atoms with Gasteiger partial charge in [0.25, 0.3) is 0 Å². The van der Waals surface area contributed by atoms with Gasteiger partial charge in [0.05, 0.1) is 0 Å². The second-order valence-corrected chi connectivity index (χ2v) is 4.94. The van der Waals surface area contributed by atoms with Gasteiger partial charge in [-0.25, -0.2) is 0 Å². The first-order valence-electron chi connectivity index (χ1n) is 6.90. The topological polar surface area (TPSA) is 21.3 Å². The molecule has 98 valence electrons. The molecule has 0 saturated heterocycles. The third-order valence-electron chi connectivity index (χ3n) is 3.65. The Morgan fingerprint density at radius 3 is 2.58 bits per heavy atom. The van der Waals surface area contributed by atoms with Crippen LogP contribution in [0, 0.1) is 0 Å². The zero-order valence-electron chi connectivity index (χ0n) is 11.2. The zero-order chi connectivity index (χ0) is 13.1. The molecular weight excluding hydrogens is 234 g/mol. The molecule has 0 radical (unpaired) electrons. The maximum Gasteiger partial charge on any atom is 0.128 e. The van der Waals surface area contributed by atoms with Crippen LogP contribution in [-0.4, -0.2) is 13.6 Å². The first kappa shape index (κ1) is 12.2. The molecule has 2 aromatic rings. The molecule has 0 saturated carbocycles. The second-order valence-electron chi connectivity index (χ2n) is 4.94. The molecule has 1 aliphatic heterocycles. The van der Waals surface area contributed by atoms with E-state index < -0.39 is 0 Å². The van der Waals surface area contributed by atoms with Crippen molar-refractivity contribution in [3.63, 3.8) is 0 Å². The van der Waals surface area contributed by atoms with Gasteiger partial charge in [-0.05, 0) is 38.1 Å². The van der Waals surface area contributed by atoms with Crippen LogP contribution in [0.15, 0.2) is 48.5 Å². The molecule has 0 aromatic heterocycles. The fraction of sp³-hybridized carbons (Fsp3) is 0.294. The van der Waals surface area contributed by atoms with Crippen LogP contribution in [0.4, 0.5) is 0 Å². The summed E-state index contributed by atoms with van der Waals surface area (Å²) in [7, 11) is 1.99. The van der Waals surface area contributed by atoms with Gasteiger partial charge >= 0.3 is 0 Å². The van der Waals surface area contributed by atoms with Crippen molar-refractivity contribution < 1.29 is 4.74 Å². The van der Waals surface area contributed by atoms with E-state index in [0.717, 1.165) is 25.1 Å². The highest BCUT2D eigenvalue weighted by molar-refractivity contribution is 5.75. The Morgan fingerprint density at radius 2 is 1.74 bits per heavy atom. The van der Waals surface area contributed by atoms with Crippen molar-refractivity contribution in [3.05, 3.63) is 54.1 Å². The molecule has 2 aromatic carbocycles. The van der Waals surface area contributed by atoms with Gasteiger partial charge in [0.2, 0.25) is 0 Å². The van der Waals surface area contributed by atoms with E-state index in [4.69, 9.17) is 4.74 Å². The predicted octanol–water partition coefficient (Wildman–Crippen LogP) is 3.79. The van der Waals surface area contributed by atoms with E-state index in [-0.39, 0.29) is 6.10 Å². The normalized spacial score (nSPS) is 16.4. The molecule has 1 heterocycles. The van der Waals surface area contributed by atoms with Crippen LogP contribution in [0.5, 0.6) is 5.75 Å². The number of rotatable bonds is 4. The molecule has 0 spiro atoms. The number of hydrogen-bond acceptors (Lipinski definition) is 2. The lowest BCUT2D eigenvalue weighted by Crippen LogP contribution is -2.16. The van der Waals surface area contributed by atoms with Crippen LogP contribution >= 0.6 is 0 Å². The number of nitrogens with one attached hydrogen (secondary N) is 1. The average molecular weight is 253 g/mol. The standard InChI is InChI=1S/C17H19NO/c1-18-12-6-11-17-15-8-3-2-7-13(15)14-9-4-5-10-16(14)19-17/h2-5,7-10,17-18H,6,11-12H2,1H3. The SMILES string of the molecule is CNCCCC1Oc2ccccc2-c2ccccc21. The van der Waals surface area contributed by atoms with E-state index >= 15 is 0 Å². The number of para-hydroxylation sites is 1. The smallest absolute Gasteiger partial charge is 0.128 e. The predicted molar refractivity (Wildman–Crippen MR) is 78.4 cm³/mol. The van der Waals surface area contributed by atoms with Crippen LogP contribution in [0.1, 0.15) is 24.5 Å². The van der Waals surface area contributed by atoms with Crippen LogP contribution in [-0.2, 0) is 0 Å². The van der Waals surface area contributed by atoms with Crippen molar-refractivity contribution in [2.75, 3.05) is 13.6 Å². The van der Waals surface area contributed by atoms with E-state index in [1.54, 1.807) is 0 Å². The van der Waals surface area contributed by atoms with Crippen LogP contribution in [0.2, 0.25) is 0 Å². The summed E-state index contributed by atoms with van der Waals surface area (Å²) in [6.45, 7) is 1.03. The summed E-state index contributed by atoms with van der Waals surface area (Å²) in [5, 5.41) is 3.19. The maximum absolute atomic E-state index is 6.18. The Balaban J connectivity index is 1.95. The Kier molecular flexibility index (Phi) is 3.51. The van der Waals surface area contributed by atoms with E-state index in [1.807, 2.05) is 13.1 Å². The maximum atomic E-state index is 6.18. The average Bonchev–Trinajstić information content (AvgIpc) is 2.47. The summed E-state index contributed by atoms with van der Waals surface area (Å²) in [5.41, 5.74) is 3.85. The van der Waals surface area contributed by atoms with Gasteiger partial charge in [-0.3, -0.25) is 0 Å². The fourth-order valence-corrected chi connectivity index (χ4v) is 2.71. The molecule has 1 aliphatic rings. The van der Waals surface area contributed by atoms with Gasteiger partial charge in [-0.1, -0.05) is 42.5 Å². The first-order valence-corrected chi connectivity index (χ1v) is 6.90. The monoisotopic (exact) mass is 253 g/mol. The largest absolute Gasteiger partial charge is 0.485 e. The Bertz CT molecular complexity index is 565. The third kappa shape index (κ3) is 2.36. The van der Waals surface area contributed by atoms with Crippen molar-refractivity contribution in [1.29, 1.82) is 0 Å². The summed E-state index contributed by atoms with van der Waals surface area (Å²) in [5.74, 6) is 1.01. The third-order valence-corrected chi connectivity index (χ3v) is 3.65. The van der Waals surface area contributed by atoms with Crippen molar-refractivity contribution in [2.45, 2.75) is 18.9 Å². The van der Waals surface area contributed by atoms with Crippen LogP contribution in [0.25, 0.3) is 11.1 Å². The van der Waals surface area contributed by atoms with Crippen molar-refractivity contribution in [3.8, 4) is 16.9 Å². The number of benzene rings is 2. The molecule has 0 aliphatic carbocycles. The minimum Gasteiger partial charge on any atom is -0.485 e. The molecular formula is C17H19NO. The Labute approximate surface area is 114 Å². The van der Waals surface area contributed by atoms with Crippen molar-refractivity contribution in [1.82, 2.24) is 5.32 Å². The summed E-state index contributed by atoms with van der Waals surface area (Å²) in [6.07, 6.45) is 2.35. The highest BCUT2D eigenvalue weighted by Gasteiger charge is 2.24. The number of ether oxygens (including phenoxy) is 1. The molecule has 2 heteroatoms. The molecule has 19 heavy (non-hydrogen) atoms. The van der Waals surface area contributed by atoms with E-state index in [0.29, 0.717) is 0 Å². The summed E-state index contributed by atoms with van der Waals surface area (Å²) < 4.78 is 6.18. The highest BCUT2D eigenvalue weighted by Crippen LogP contribution is 2.43. The van der Waals surface area contributed by atoms with E-state index in [2.05, 4.69) is 47.8 Å². The molecule has 1 unspecified atom stereocenters. The Morgan fingerprint density at radius 1 is 1.00 bits per heavy atom. The summed E-state index contributed by atoms with van der Waals surface area (Å²) in [4.78, 5) is 0. The van der Waals surface area contributed by atoms with Crippen LogP contribution < -0.4 is 10.1 Å². The molecule has 3 rings (SSSR count). The lowest BCUT2D eigenvalue weighted by Gasteiger charge is -2.28. The van der Waals surface area contributed by atoms with Gasteiger partial charge in [-0.2, -0.15) is 0 Å². The van der Waals surface area contributed by atoms with Gasteiger partial charge in [-0.15, -0.1) is 0 Å². The molecule has 1 atom stereocenters. The lowest BCUT2D eigenvalue weighted by atomic mass is 9.91. The van der Waals surface area contributed by atoms with Crippen molar-refractivity contribution in [2.24, 2.45) is 0 Å². The molecule has 0 fully saturated rings. The fourth-order valence-electron chi connectivity index (χ4n) is 2.71. The minimum atomic E-state index is 0.180. The van der Waals surface area contributed by atoms with Gasteiger partial charge < -0.3 is 10.1 Å². The van der Waals surface area contributed by atoms with Gasteiger partial charge in [0.1, 0.15) is 11.9 Å². The summed E-state index contributed by atoms with van der Waals surface area (Å²) >= 11 is 0. The second kappa shape index (κ2) is 5.45. The first-order chi connectivity index (χ1) is 9.40. The van der Waals surface area contributed by atoms with Crippen molar-refractivity contribution >= 4 is 0 Å². The molecule has 1 N–H and O–H groups in total. The number of fused-ring (bicyclic) bond motifs is 3. The quantitative estimate of drug-likeness (QED) is 0.837. The lowest BCUT2D eigenvalue weighted by molar-refractivity contribution is 0.188. The summed E-state index contributed by atoms with van der Waals surface area (Å²) in [6, 6.07) is 16.9. The van der Waals surface area contributed by atoms with E-state index in [9.17, 15) is 0 Å². The Hall–Kier alpha value is -1.80. The molecule has 0 bridgehead atoms. The van der Waals surface area contributed by atoms with Gasteiger partial charge in [0, 0.05) is 11.1 Å². The zero-order valence-corrected chi connectivity index (χ0v) is 11.2. The minimum absolute atomic E-state index is 0.180. The van der Waals surface area contributed by atoms with E-state index in [1.165, 1.54) is 16.7 Å².